The van der Waals surface area contributed by atoms with E-state index in [9.17, 15) is 0 Å². The number of ether oxygens (including phenoxy) is 1. The van der Waals surface area contributed by atoms with Gasteiger partial charge in [-0.05, 0) is 26.0 Å². The van der Waals surface area contributed by atoms with Crippen LogP contribution in [-0.4, -0.2) is 18.1 Å². The first-order valence-electron chi connectivity index (χ1n) is 6.20. The predicted molar refractivity (Wildman–Crippen MR) is 80.8 cm³/mol. The first-order valence-corrected chi connectivity index (χ1v) is 7.15. The van der Waals surface area contributed by atoms with Crippen LogP contribution in [0.4, 0.5) is 11.4 Å². The lowest BCUT2D eigenvalue weighted by Crippen LogP contribution is -2.17. The molecule has 0 aliphatic carbocycles. The van der Waals surface area contributed by atoms with Crippen LogP contribution in [-0.2, 0) is 6.54 Å². The zero-order chi connectivity index (χ0) is 13.8. The highest BCUT2D eigenvalue weighted by Crippen LogP contribution is 2.28. The van der Waals surface area contributed by atoms with E-state index >= 15 is 0 Å². The minimum atomic E-state index is 0.112. The van der Waals surface area contributed by atoms with E-state index in [2.05, 4.69) is 15.3 Å². The molecule has 19 heavy (non-hydrogen) atoms. The molecule has 0 bridgehead atoms. The van der Waals surface area contributed by atoms with Gasteiger partial charge in [0.25, 0.3) is 0 Å². The summed E-state index contributed by atoms with van der Waals surface area (Å²) in [6, 6.07) is 5.85. The molecule has 1 aromatic heterocycles. The molecule has 1 heterocycles. The maximum atomic E-state index is 5.92. The van der Waals surface area contributed by atoms with Gasteiger partial charge >= 0.3 is 0 Å². The van der Waals surface area contributed by atoms with Gasteiger partial charge in [0, 0.05) is 24.2 Å². The molecule has 2 rings (SSSR count). The second kappa shape index (κ2) is 5.93. The zero-order valence-electron chi connectivity index (χ0n) is 11.5. The van der Waals surface area contributed by atoms with Crippen LogP contribution in [0.2, 0.25) is 0 Å². The van der Waals surface area contributed by atoms with Crippen LogP contribution in [0.1, 0.15) is 19.5 Å². The van der Waals surface area contributed by atoms with E-state index in [1.165, 1.54) is 0 Å². The fraction of sp³-hybridized carbons (Fsp3) is 0.357. The Bertz CT molecular complexity index is 525. The number of nitrogens with two attached hydrogens (primary N) is 1. The molecule has 5 heteroatoms. The Hall–Kier alpha value is -1.75. The molecule has 0 aliphatic heterocycles. The first-order chi connectivity index (χ1) is 9.06. The van der Waals surface area contributed by atoms with Crippen LogP contribution < -0.4 is 15.4 Å². The molecular weight excluding hydrogens is 258 g/mol. The molecule has 0 unspecified atom stereocenters. The van der Waals surface area contributed by atoms with Crippen LogP contribution in [0.15, 0.2) is 29.1 Å². The van der Waals surface area contributed by atoms with Crippen molar-refractivity contribution in [3.8, 4) is 5.75 Å². The summed E-state index contributed by atoms with van der Waals surface area (Å²) in [5, 5.41) is 2.05. The van der Waals surface area contributed by atoms with Crippen molar-refractivity contribution in [1.82, 2.24) is 4.98 Å². The standard InChI is InChI=1S/C14H19N3OS/c1-10(2)18-14-6-12(4-5-13(14)15)17(3)7-11-8-19-9-16-11/h4-6,8-10H,7,15H2,1-3H3. The molecule has 0 saturated carbocycles. The molecule has 0 saturated heterocycles. The average Bonchev–Trinajstić information content (AvgIpc) is 2.84. The lowest BCUT2D eigenvalue weighted by atomic mass is 10.2. The molecule has 102 valence electrons. The number of nitrogens with zero attached hydrogens (tertiary/aromatic N) is 2. The Kier molecular flexibility index (Phi) is 4.27. The molecule has 2 aromatic rings. The molecule has 1 aromatic carbocycles. The monoisotopic (exact) mass is 277 g/mol. The third kappa shape index (κ3) is 3.61. The second-order valence-corrected chi connectivity index (χ2v) is 5.44. The van der Waals surface area contributed by atoms with E-state index in [0.717, 1.165) is 23.7 Å². The minimum Gasteiger partial charge on any atom is -0.489 e. The smallest absolute Gasteiger partial charge is 0.144 e. The Morgan fingerprint density at radius 1 is 1.42 bits per heavy atom. The number of hydrogen-bond acceptors (Lipinski definition) is 5. The quantitative estimate of drug-likeness (QED) is 0.853. The van der Waals surface area contributed by atoms with Crippen molar-refractivity contribution in [3.05, 3.63) is 34.8 Å². The number of benzene rings is 1. The van der Waals surface area contributed by atoms with Crippen LogP contribution in [0.5, 0.6) is 5.75 Å². The number of nitrogen functional groups attached to an aromatic ring is 1. The van der Waals surface area contributed by atoms with Gasteiger partial charge in [0.05, 0.1) is 29.5 Å². The van der Waals surface area contributed by atoms with Crippen molar-refractivity contribution in [2.45, 2.75) is 26.5 Å². The van der Waals surface area contributed by atoms with Crippen LogP contribution >= 0.6 is 11.3 Å². The molecule has 0 fully saturated rings. The van der Waals surface area contributed by atoms with Gasteiger partial charge in [0.15, 0.2) is 0 Å². The van der Waals surface area contributed by atoms with Crippen molar-refractivity contribution in [2.24, 2.45) is 0 Å². The Morgan fingerprint density at radius 2 is 2.21 bits per heavy atom. The van der Waals surface area contributed by atoms with Crippen molar-refractivity contribution in [2.75, 3.05) is 17.7 Å². The molecule has 0 radical (unpaired) electrons. The lowest BCUT2D eigenvalue weighted by Gasteiger charge is -2.20. The molecule has 4 nitrogen and oxygen atoms in total. The van der Waals surface area contributed by atoms with Gasteiger partial charge in [-0.1, -0.05) is 0 Å². The summed E-state index contributed by atoms with van der Waals surface area (Å²) in [6.45, 7) is 4.75. The molecule has 0 aliphatic rings. The SMILES string of the molecule is CC(C)Oc1cc(N(C)Cc2cscn2)ccc1N. The number of aromatic nitrogens is 1. The number of anilines is 2. The highest BCUT2D eigenvalue weighted by molar-refractivity contribution is 7.07. The summed E-state index contributed by atoms with van der Waals surface area (Å²) in [5.41, 5.74) is 10.6. The van der Waals surface area contributed by atoms with Gasteiger partial charge in [-0.25, -0.2) is 4.98 Å². The summed E-state index contributed by atoms with van der Waals surface area (Å²) in [4.78, 5) is 6.42. The van der Waals surface area contributed by atoms with Gasteiger partial charge in [-0.15, -0.1) is 11.3 Å². The summed E-state index contributed by atoms with van der Waals surface area (Å²) in [5.74, 6) is 0.734. The Balaban J connectivity index is 2.15. The summed E-state index contributed by atoms with van der Waals surface area (Å²) in [6.07, 6.45) is 0.112. The van der Waals surface area contributed by atoms with Gasteiger partial charge in [0.2, 0.25) is 0 Å². The highest BCUT2D eigenvalue weighted by atomic mass is 32.1. The van der Waals surface area contributed by atoms with Crippen LogP contribution in [0.3, 0.4) is 0 Å². The average molecular weight is 277 g/mol. The third-order valence-corrected chi connectivity index (χ3v) is 3.32. The number of hydrogen-bond donors (Lipinski definition) is 1. The normalized spacial score (nSPS) is 10.7. The van der Waals surface area contributed by atoms with E-state index in [4.69, 9.17) is 10.5 Å². The van der Waals surface area contributed by atoms with E-state index < -0.39 is 0 Å². The van der Waals surface area contributed by atoms with E-state index in [0.29, 0.717) is 5.69 Å². The Labute approximate surface area is 117 Å². The minimum absolute atomic E-state index is 0.112. The third-order valence-electron chi connectivity index (χ3n) is 2.68. The molecule has 0 atom stereocenters. The lowest BCUT2D eigenvalue weighted by molar-refractivity contribution is 0.244. The van der Waals surface area contributed by atoms with E-state index in [1.807, 2.05) is 44.6 Å². The number of rotatable bonds is 5. The van der Waals surface area contributed by atoms with Gasteiger partial charge < -0.3 is 15.4 Å². The van der Waals surface area contributed by atoms with Crippen LogP contribution in [0.25, 0.3) is 0 Å². The molecule has 0 amide bonds. The molecule has 0 spiro atoms. The first kappa shape index (κ1) is 13.7. The fourth-order valence-electron chi connectivity index (χ4n) is 1.77. The molecule has 2 N–H and O–H groups in total. The van der Waals surface area contributed by atoms with Crippen molar-refractivity contribution in [3.63, 3.8) is 0 Å². The van der Waals surface area contributed by atoms with Crippen molar-refractivity contribution >= 4 is 22.7 Å². The van der Waals surface area contributed by atoms with Gasteiger partial charge in [0.1, 0.15) is 5.75 Å². The van der Waals surface area contributed by atoms with E-state index in [-0.39, 0.29) is 6.10 Å². The summed E-state index contributed by atoms with van der Waals surface area (Å²) < 4.78 is 5.71. The van der Waals surface area contributed by atoms with Crippen LogP contribution in [0, 0.1) is 0 Å². The van der Waals surface area contributed by atoms with E-state index in [1.54, 1.807) is 11.3 Å². The highest BCUT2D eigenvalue weighted by Gasteiger charge is 2.08. The maximum absolute atomic E-state index is 5.92. The largest absolute Gasteiger partial charge is 0.489 e. The van der Waals surface area contributed by atoms with Gasteiger partial charge in [-0.3, -0.25) is 0 Å². The molecular formula is C14H19N3OS. The zero-order valence-corrected chi connectivity index (χ0v) is 12.3. The second-order valence-electron chi connectivity index (χ2n) is 4.72. The summed E-state index contributed by atoms with van der Waals surface area (Å²) >= 11 is 1.61. The van der Waals surface area contributed by atoms with Crippen molar-refractivity contribution in [1.29, 1.82) is 0 Å². The Morgan fingerprint density at radius 3 is 2.84 bits per heavy atom. The number of thiazole rings is 1. The topological polar surface area (TPSA) is 51.4 Å². The van der Waals surface area contributed by atoms with Crippen molar-refractivity contribution < 1.29 is 4.74 Å². The fourth-order valence-corrected chi connectivity index (χ4v) is 2.32. The van der Waals surface area contributed by atoms with Gasteiger partial charge in [-0.2, -0.15) is 0 Å². The maximum Gasteiger partial charge on any atom is 0.144 e. The summed E-state index contributed by atoms with van der Waals surface area (Å²) in [7, 11) is 2.03. The predicted octanol–water partition coefficient (Wildman–Crippen LogP) is 3.15.